The highest BCUT2D eigenvalue weighted by atomic mass is 16.2. The maximum absolute atomic E-state index is 12.4. The standard InChI is InChI=1S/C21H27N3O2/c1-16-11-17(2)14-24(13-16)21(26)22-12-18-6-8-19(9-7-18)15-23-10-4-3-5-20(23)25/h3-10,16-17H,11-15H2,1-2H3,(H,22,26). The predicted molar refractivity (Wildman–Crippen MR) is 103 cm³/mol. The van der Waals surface area contributed by atoms with Gasteiger partial charge in [0.2, 0.25) is 0 Å². The average molecular weight is 353 g/mol. The molecule has 2 aromatic rings. The number of urea groups is 1. The van der Waals surface area contributed by atoms with E-state index in [0.29, 0.717) is 24.9 Å². The molecule has 1 aliphatic heterocycles. The molecule has 1 fully saturated rings. The largest absolute Gasteiger partial charge is 0.334 e. The fourth-order valence-corrected chi connectivity index (χ4v) is 3.67. The fraction of sp³-hybridized carbons (Fsp3) is 0.429. The van der Waals surface area contributed by atoms with Crippen molar-refractivity contribution in [3.63, 3.8) is 0 Å². The summed E-state index contributed by atoms with van der Waals surface area (Å²) in [4.78, 5) is 26.1. The molecule has 1 aromatic heterocycles. The zero-order valence-corrected chi connectivity index (χ0v) is 15.5. The first-order valence-electron chi connectivity index (χ1n) is 9.27. The van der Waals surface area contributed by atoms with Gasteiger partial charge in [-0.05, 0) is 35.4 Å². The van der Waals surface area contributed by atoms with Crippen LogP contribution in [0, 0.1) is 11.8 Å². The van der Waals surface area contributed by atoms with Gasteiger partial charge >= 0.3 is 6.03 Å². The zero-order valence-electron chi connectivity index (χ0n) is 15.5. The number of amides is 2. The molecule has 5 nitrogen and oxygen atoms in total. The summed E-state index contributed by atoms with van der Waals surface area (Å²) < 4.78 is 1.68. The first-order chi connectivity index (χ1) is 12.5. The van der Waals surface area contributed by atoms with Crippen LogP contribution in [-0.4, -0.2) is 28.6 Å². The van der Waals surface area contributed by atoms with Crippen molar-refractivity contribution in [1.29, 1.82) is 0 Å². The minimum Gasteiger partial charge on any atom is -0.334 e. The molecule has 2 unspecified atom stereocenters. The highest BCUT2D eigenvalue weighted by Crippen LogP contribution is 2.20. The third-order valence-corrected chi connectivity index (χ3v) is 4.87. The maximum atomic E-state index is 12.4. The number of nitrogens with one attached hydrogen (secondary N) is 1. The van der Waals surface area contributed by atoms with Crippen LogP contribution in [0.15, 0.2) is 53.5 Å². The van der Waals surface area contributed by atoms with Gasteiger partial charge in [-0.1, -0.05) is 44.2 Å². The molecule has 0 radical (unpaired) electrons. The molecule has 2 heterocycles. The molecule has 0 aliphatic carbocycles. The minimum absolute atomic E-state index is 0.00571. The van der Waals surface area contributed by atoms with Gasteiger partial charge in [-0.15, -0.1) is 0 Å². The summed E-state index contributed by atoms with van der Waals surface area (Å²) in [6.07, 6.45) is 2.98. The van der Waals surface area contributed by atoms with Crippen molar-refractivity contribution in [2.45, 2.75) is 33.4 Å². The van der Waals surface area contributed by atoms with E-state index in [9.17, 15) is 9.59 Å². The Bertz CT molecular complexity index is 787. The highest BCUT2D eigenvalue weighted by Gasteiger charge is 2.25. The molecule has 5 heteroatoms. The number of hydrogen-bond acceptors (Lipinski definition) is 2. The van der Waals surface area contributed by atoms with E-state index >= 15 is 0 Å². The van der Waals surface area contributed by atoms with Gasteiger partial charge in [0.25, 0.3) is 5.56 Å². The Labute approximate surface area is 154 Å². The third-order valence-electron chi connectivity index (χ3n) is 4.87. The molecule has 0 saturated carbocycles. The van der Waals surface area contributed by atoms with Crippen LogP contribution in [0.25, 0.3) is 0 Å². The Kier molecular flexibility index (Phi) is 5.76. The number of carbonyl (C=O) groups is 1. The summed E-state index contributed by atoms with van der Waals surface area (Å²) in [6.45, 7) is 7.14. The molecule has 1 aromatic carbocycles. The first-order valence-corrected chi connectivity index (χ1v) is 9.27. The van der Waals surface area contributed by atoms with E-state index in [2.05, 4.69) is 19.2 Å². The smallest absolute Gasteiger partial charge is 0.317 e. The topological polar surface area (TPSA) is 54.3 Å². The summed E-state index contributed by atoms with van der Waals surface area (Å²) in [7, 11) is 0. The van der Waals surface area contributed by atoms with Gasteiger partial charge in [0.15, 0.2) is 0 Å². The van der Waals surface area contributed by atoms with E-state index in [4.69, 9.17) is 0 Å². The maximum Gasteiger partial charge on any atom is 0.317 e. The molecule has 2 amide bonds. The van der Waals surface area contributed by atoms with Gasteiger partial charge in [0.1, 0.15) is 0 Å². The lowest BCUT2D eigenvalue weighted by Gasteiger charge is -2.34. The Hall–Kier alpha value is -2.56. The lowest BCUT2D eigenvalue weighted by Crippen LogP contribution is -2.47. The molecular formula is C21H27N3O2. The van der Waals surface area contributed by atoms with Crippen molar-refractivity contribution >= 4 is 6.03 Å². The number of hydrogen-bond donors (Lipinski definition) is 1. The van der Waals surface area contributed by atoms with Gasteiger partial charge in [-0.2, -0.15) is 0 Å². The van der Waals surface area contributed by atoms with Crippen molar-refractivity contribution in [2.24, 2.45) is 11.8 Å². The van der Waals surface area contributed by atoms with Gasteiger partial charge in [0.05, 0.1) is 6.54 Å². The summed E-state index contributed by atoms with van der Waals surface area (Å²) in [5.74, 6) is 1.12. The van der Waals surface area contributed by atoms with Crippen LogP contribution in [0.3, 0.4) is 0 Å². The van der Waals surface area contributed by atoms with Crippen LogP contribution in [0.2, 0.25) is 0 Å². The second-order valence-electron chi connectivity index (χ2n) is 7.49. The number of pyridine rings is 1. The number of piperidine rings is 1. The number of benzene rings is 1. The Morgan fingerprint density at radius 1 is 1.04 bits per heavy atom. The molecule has 2 atom stereocenters. The van der Waals surface area contributed by atoms with Crippen molar-refractivity contribution in [3.8, 4) is 0 Å². The van der Waals surface area contributed by atoms with Crippen LogP contribution in [0.4, 0.5) is 4.79 Å². The summed E-state index contributed by atoms with van der Waals surface area (Å²) in [6, 6.07) is 13.2. The molecule has 1 saturated heterocycles. The Balaban J connectivity index is 1.54. The van der Waals surface area contributed by atoms with E-state index in [1.54, 1.807) is 22.9 Å². The van der Waals surface area contributed by atoms with Gasteiger partial charge in [0, 0.05) is 31.9 Å². The fourth-order valence-electron chi connectivity index (χ4n) is 3.67. The van der Waals surface area contributed by atoms with Crippen molar-refractivity contribution in [2.75, 3.05) is 13.1 Å². The van der Waals surface area contributed by atoms with Crippen LogP contribution >= 0.6 is 0 Å². The third kappa shape index (κ3) is 4.75. The molecule has 3 rings (SSSR count). The highest BCUT2D eigenvalue weighted by molar-refractivity contribution is 5.74. The summed E-state index contributed by atoms with van der Waals surface area (Å²) >= 11 is 0. The van der Waals surface area contributed by atoms with Crippen molar-refractivity contribution in [1.82, 2.24) is 14.8 Å². The number of carbonyl (C=O) groups excluding carboxylic acids is 1. The molecular weight excluding hydrogens is 326 g/mol. The number of aromatic nitrogens is 1. The number of likely N-dealkylation sites (tertiary alicyclic amines) is 1. The van der Waals surface area contributed by atoms with E-state index < -0.39 is 0 Å². The van der Waals surface area contributed by atoms with Crippen molar-refractivity contribution < 1.29 is 4.79 Å². The predicted octanol–water partition coefficient (Wildman–Crippen LogP) is 3.08. The van der Waals surface area contributed by atoms with Crippen molar-refractivity contribution in [3.05, 3.63) is 70.1 Å². The number of nitrogens with zero attached hydrogens (tertiary/aromatic N) is 2. The first kappa shape index (κ1) is 18.2. The molecule has 26 heavy (non-hydrogen) atoms. The van der Waals surface area contributed by atoms with E-state index in [-0.39, 0.29) is 11.6 Å². The van der Waals surface area contributed by atoms with E-state index in [1.807, 2.05) is 35.2 Å². The average Bonchev–Trinajstić information content (AvgIpc) is 2.62. The molecule has 1 N–H and O–H groups in total. The molecule has 138 valence electrons. The van der Waals surface area contributed by atoms with E-state index in [1.165, 1.54) is 6.42 Å². The van der Waals surface area contributed by atoms with Crippen LogP contribution in [0.1, 0.15) is 31.4 Å². The lowest BCUT2D eigenvalue weighted by molar-refractivity contribution is 0.146. The SMILES string of the molecule is CC1CC(C)CN(C(=O)NCc2ccc(Cn3ccccc3=O)cc2)C1. The van der Waals surface area contributed by atoms with Gasteiger partial charge in [-0.25, -0.2) is 4.79 Å². The molecule has 0 spiro atoms. The molecule has 0 bridgehead atoms. The molecule has 1 aliphatic rings. The number of rotatable bonds is 4. The minimum atomic E-state index is -0.00571. The monoisotopic (exact) mass is 353 g/mol. The summed E-state index contributed by atoms with van der Waals surface area (Å²) in [5, 5.41) is 3.02. The van der Waals surface area contributed by atoms with Crippen LogP contribution < -0.4 is 10.9 Å². The second kappa shape index (κ2) is 8.21. The van der Waals surface area contributed by atoms with Gasteiger partial charge in [-0.3, -0.25) is 4.79 Å². The van der Waals surface area contributed by atoms with Crippen LogP contribution in [-0.2, 0) is 13.1 Å². The summed E-state index contributed by atoms with van der Waals surface area (Å²) in [5.41, 5.74) is 2.11. The van der Waals surface area contributed by atoms with Gasteiger partial charge < -0.3 is 14.8 Å². The quantitative estimate of drug-likeness (QED) is 0.918. The normalized spacial score (nSPS) is 20.0. The van der Waals surface area contributed by atoms with Crippen LogP contribution in [0.5, 0.6) is 0 Å². The lowest BCUT2D eigenvalue weighted by atomic mass is 9.92. The Morgan fingerprint density at radius 2 is 1.69 bits per heavy atom. The second-order valence-corrected chi connectivity index (χ2v) is 7.49. The van der Waals surface area contributed by atoms with E-state index in [0.717, 1.165) is 24.2 Å². The zero-order chi connectivity index (χ0) is 18.5. The Morgan fingerprint density at radius 3 is 2.35 bits per heavy atom.